The smallest absolute Gasteiger partial charge is 0.229 e. The molecule has 41 heavy (non-hydrogen) atoms. The van der Waals surface area contributed by atoms with Gasteiger partial charge in [-0.2, -0.15) is 0 Å². The van der Waals surface area contributed by atoms with E-state index >= 15 is 8.78 Å². The molecule has 1 saturated heterocycles. The number of halogens is 3. The molecule has 11 heteroatoms. The zero-order valence-electron chi connectivity index (χ0n) is 24.3. The number of carbonyl (C=O) groups is 2. The van der Waals surface area contributed by atoms with Gasteiger partial charge >= 0.3 is 0 Å². The van der Waals surface area contributed by atoms with Crippen LogP contribution in [0, 0.1) is 28.3 Å². The molecule has 2 N–H and O–H groups in total. The molecule has 0 aliphatic carbocycles. The van der Waals surface area contributed by atoms with Crippen LogP contribution in [-0.2, 0) is 9.59 Å². The summed E-state index contributed by atoms with van der Waals surface area (Å²) in [4.78, 5) is 42.0. The largest absolute Gasteiger partial charge is 0.453 e. The maximum atomic E-state index is 16.1. The molecule has 1 aliphatic heterocycles. The van der Waals surface area contributed by atoms with Gasteiger partial charge in [0.05, 0.1) is 16.8 Å². The van der Waals surface area contributed by atoms with Crippen LogP contribution in [0.2, 0.25) is 0 Å². The molecule has 3 aromatic rings. The van der Waals surface area contributed by atoms with Crippen molar-refractivity contribution in [2.75, 3.05) is 48.8 Å². The van der Waals surface area contributed by atoms with E-state index in [-0.39, 0.29) is 17.0 Å². The Kier molecular flexibility index (Phi) is 7.97. The van der Waals surface area contributed by atoms with Crippen molar-refractivity contribution in [3.05, 3.63) is 51.9 Å². The summed E-state index contributed by atoms with van der Waals surface area (Å²) >= 11 is 0. The predicted molar refractivity (Wildman–Crippen MR) is 154 cm³/mol. The van der Waals surface area contributed by atoms with Crippen molar-refractivity contribution in [1.29, 1.82) is 0 Å². The van der Waals surface area contributed by atoms with Crippen molar-refractivity contribution in [1.82, 2.24) is 4.90 Å². The van der Waals surface area contributed by atoms with Gasteiger partial charge in [0.15, 0.2) is 22.6 Å². The summed E-state index contributed by atoms with van der Waals surface area (Å²) in [5.41, 5.74) is -3.94. The molecule has 1 aliphatic rings. The van der Waals surface area contributed by atoms with Gasteiger partial charge in [-0.05, 0) is 25.2 Å². The molecule has 2 amide bonds. The molecule has 220 valence electrons. The highest BCUT2D eigenvalue weighted by atomic mass is 19.1. The maximum Gasteiger partial charge on any atom is 0.229 e. The Bertz CT molecular complexity index is 1580. The van der Waals surface area contributed by atoms with E-state index in [1.165, 1.54) is 17.0 Å². The first kappa shape index (κ1) is 30.1. The van der Waals surface area contributed by atoms with Crippen molar-refractivity contribution in [3.8, 4) is 11.3 Å². The average molecular weight is 573 g/mol. The fourth-order valence-corrected chi connectivity index (χ4v) is 4.26. The normalized spacial score (nSPS) is 14.8. The maximum absolute atomic E-state index is 16.1. The van der Waals surface area contributed by atoms with E-state index in [4.69, 9.17) is 4.42 Å². The number of piperazine rings is 1. The molecule has 0 unspecified atom stereocenters. The second-order valence-corrected chi connectivity index (χ2v) is 12.4. The number of likely N-dealkylation sites (N-methyl/N-ethyl adjacent to an activating group) is 1. The van der Waals surface area contributed by atoms with Gasteiger partial charge in [0, 0.05) is 48.6 Å². The number of amides is 2. The summed E-state index contributed by atoms with van der Waals surface area (Å²) in [6.45, 7) is 11.6. The Morgan fingerprint density at radius 3 is 2.00 bits per heavy atom. The SMILES string of the molecule is CN1CCN(c2c(F)c(NC(=O)C(C)(C)C)c3c(=O)cc(-c4ccc(NC(=O)C(C)(C)C)c(F)c4)oc3c2F)CC1. The summed E-state index contributed by atoms with van der Waals surface area (Å²) in [6, 6.07) is 4.76. The molecular weight excluding hydrogens is 537 g/mol. The van der Waals surface area contributed by atoms with E-state index < -0.39 is 67.9 Å². The molecule has 0 radical (unpaired) electrons. The van der Waals surface area contributed by atoms with Crippen LogP contribution in [0.1, 0.15) is 41.5 Å². The molecule has 8 nitrogen and oxygen atoms in total. The second-order valence-electron chi connectivity index (χ2n) is 12.4. The third kappa shape index (κ3) is 6.09. The van der Waals surface area contributed by atoms with E-state index in [1.54, 1.807) is 41.5 Å². The number of hydrogen-bond donors (Lipinski definition) is 2. The summed E-state index contributed by atoms with van der Waals surface area (Å²) in [5.74, 6) is -4.10. The minimum atomic E-state index is -1.09. The number of nitrogens with zero attached hydrogens (tertiary/aromatic N) is 2. The molecule has 4 rings (SSSR count). The highest BCUT2D eigenvalue weighted by molar-refractivity contribution is 6.04. The number of nitrogens with one attached hydrogen (secondary N) is 2. The number of carbonyl (C=O) groups excluding carboxylic acids is 2. The zero-order chi connectivity index (χ0) is 30.4. The molecule has 0 saturated carbocycles. The molecule has 1 aromatic heterocycles. The highest BCUT2D eigenvalue weighted by Crippen LogP contribution is 2.39. The fourth-order valence-electron chi connectivity index (χ4n) is 4.26. The minimum absolute atomic E-state index is 0.0744. The van der Waals surface area contributed by atoms with Crippen LogP contribution >= 0.6 is 0 Å². The molecule has 0 spiro atoms. The van der Waals surface area contributed by atoms with E-state index in [2.05, 4.69) is 10.6 Å². The van der Waals surface area contributed by atoms with E-state index in [9.17, 15) is 18.8 Å². The molecule has 2 aromatic carbocycles. The molecular formula is C30H35F3N4O4. The Morgan fingerprint density at radius 1 is 0.854 bits per heavy atom. The zero-order valence-corrected chi connectivity index (χ0v) is 24.3. The van der Waals surface area contributed by atoms with Crippen LogP contribution in [0.5, 0.6) is 0 Å². The van der Waals surface area contributed by atoms with Crippen molar-refractivity contribution >= 4 is 39.8 Å². The van der Waals surface area contributed by atoms with Gasteiger partial charge in [0.25, 0.3) is 0 Å². The lowest BCUT2D eigenvalue weighted by Crippen LogP contribution is -2.45. The van der Waals surface area contributed by atoms with Crippen molar-refractivity contribution in [2.45, 2.75) is 41.5 Å². The predicted octanol–water partition coefficient (Wildman–Crippen LogP) is 5.60. The van der Waals surface area contributed by atoms with Gasteiger partial charge in [0.1, 0.15) is 17.3 Å². The number of hydrogen-bond acceptors (Lipinski definition) is 6. The van der Waals surface area contributed by atoms with Crippen LogP contribution in [0.15, 0.2) is 33.5 Å². The Labute approximate surface area is 236 Å². The van der Waals surface area contributed by atoms with Crippen LogP contribution in [0.3, 0.4) is 0 Å². The van der Waals surface area contributed by atoms with Crippen LogP contribution < -0.4 is 21.0 Å². The molecule has 0 bridgehead atoms. The summed E-state index contributed by atoms with van der Waals surface area (Å²) < 4.78 is 52.9. The Morgan fingerprint density at radius 2 is 1.44 bits per heavy atom. The lowest BCUT2D eigenvalue weighted by molar-refractivity contribution is -0.123. The van der Waals surface area contributed by atoms with Gasteiger partial charge in [-0.1, -0.05) is 41.5 Å². The lowest BCUT2D eigenvalue weighted by atomic mass is 9.95. The first-order valence-electron chi connectivity index (χ1n) is 13.3. The fraction of sp³-hybridized carbons (Fsp3) is 0.433. The average Bonchev–Trinajstić information content (AvgIpc) is 2.87. The minimum Gasteiger partial charge on any atom is -0.453 e. The van der Waals surface area contributed by atoms with E-state index in [0.29, 0.717) is 26.2 Å². The molecule has 0 atom stereocenters. The van der Waals surface area contributed by atoms with Gasteiger partial charge < -0.3 is 24.9 Å². The number of rotatable bonds is 4. The van der Waals surface area contributed by atoms with Gasteiger partial charge in [-0.3, -0.25) is 14.4 Å². The molecule has 1 fully saturated rings. The van der Waals surface area contributed by atoms with Gasteiger partial charge in [-0.25, -0.2) is 13.2 Å². The third-order valence-electron chi connectivity index (χ3n) is 6.95. The topological polar surface area (TPSA) is 94.9 Å². The first-order valence-corrected chi connectivity index (χ1v) is 13.3. The quantitative estimate of drug-likeness (QED) is 0.423. The highest BCUT2D eigenvalue weighted by Gasteiger charge is 2.32. The number of anilines is 3. The Balaban J connectivity index is 1.89. The third-order valence-corrected chi connectivity index (χ3v) is 6.95. The first-order chi connectivity index (χ1) is 19.0. The van der Waals surface area contributed by atoms with E-state index in [0.717, 1.165) is 12.1 Å². The number of fused-ring (bicyclic) bond motifs is 1. The van der Waals surface area contributed by atoms with Gasteiger partial charge in [0.2, 0.25) is 11.8 Å². The van der Waals surface area contributed by atoms with Crippen LogP contribution in [-0.4, -0.2) is 49.9 Å². The second kappa shape index (κ2) is 10.8. The van der Waals surface area contributed by atoms with Gasteiger partial charge in [-0.15, -0.1) is 0 Å². The van der Waals surface area contributed by atoms with Crippen LogP contribution in [0.4, 0.5) is 30.2 Å². The van der Waals surface area contributed by atoms with Crippen molar-refractivity contribution < 1.29 is 27.2 Å². The Hall–Kier alpha value is -3.86. The summed E-state index contributed by atoms with van der Waals surface area (Å²) in [7, 11) is 1.89. The standard InChI is InChI=1S/C30H35F3N4O4/c1-29(2,3)27(39)34-18-9-8-16(14-17(18)31)20-15-19(38)21-24(35-28(40)30(4,5)6)22(32)25(23(33)26(21)41-20)37-12-10-36(7)11-13-37/h8-9,14-15H,10-13H2,1-7H3,(H,34,39)(H,35,40). The van der Waals surface area contributed by atoms with E-state index in [1.807, 2.05) is 11.9 Å². The summed E-state index contributed by atoms with van der Waals surface area (Å²) in [5, 5.41) is 4.53. The lowest BCUT2D eigenvalue weighted by Gasteiger charge is -2.34. The molecule has 2 heterocycles. The number of benzene rings is 2. The summed E-state index contributed by atoms with van der Waals surface area (Å²) in [6.07, 6.45) is 0. The van der Waals surface area contributed by atoms with Crippen molar-refractivity contribution in [2.24, 2.45) is 10.8 Å². The monoisotopic (exact) mass is 572 g/mol. The van der Waals surface area contributed by atoms with Crippen molar-refractivity contribution in [3.63, 3.8) is 0 Å². The van der Waals surface area contributed by atoms with Crippen LogP contribution in [0.25, 0.3) is 22.3 Å².